The lowest BCUT2D eigenvalue weighted by Crippen LogP contribution is -2.44. The van der Waals surface area contributed by atoms with Crippen molar-refractivity contribution in [3.05, 3.63) is 29.8 Å². The minimum atomic E-state index is -0.111. The van der Waals surface area contributed by atoms with E-state index in [-0.39, 0.29) is 18.5 Å². The number of methoxy groups -OCH3 is 1. The number of rotatable bonds is 8. The Kier molecular flexibility index (Phi) is 8.68. The standard InChI is InChI=1S/C18H30N4O2/c1-6-19-18(22-14(4)13(2)3)21-12-17(23)20-11-15-7-9-16(24-5)10-8-15/h7-10,13-14H,6,11-12H2,1-5H3,(H,20,23)(H2,19,21,22). The second-order valence-corrected chi connectivity index (χ2v) is 6.00. The third kappa shape index (κ3) is 7.35. The molecule has 6 nitrogen and oxygen atoms in total. The number of hydrogen-bond acceptors (Lipinski definition) is 3. The van der Waals surface area contributed by atoms with Gasteiger partial charge in [-0.3, -0.25) is 4.79 Å². The van der Waals surface area contributed by atoms with Gasteiger partial charge in [-0.1, -0.05) is 26.0 Å². The zero-order valence-corrected chi connectivity index (χ0v) is 15.3. The number of nitrogens with zero attached hydrogens (tertiary/aromatic N) is 1. The molecular formula is C18H30N4O2. The Morgan fingerprint density at radius 3 is 2.38 bits per heavy atom. The summed E-state index contributed by atoms with van der Waals surface area (Å²) in [5.74, 6) is 1.84. The van der Waals surface area contributed by atoms with Crippen LogP contribution < -0.4 is 20.7 Å². The number of guanidine groups is 1. The minimum absolute atomic E-state index is 0.0936. The van der Waals surface area contributed by atoms with Crippen molar-refractivity contribution in [2.45, 2.75) is 40.3 Å². The van der Waals surface area contributed by atoms with E-state index in [0.29, 0.717) is 18.4 Å². The van der Waals surface area contributed by atoms with Crippen molar-refractivity contribution in [1.29, 1.82) is 0 Å². The highest BCUT2D eigenvalue weighted by Gasteiger charge is 2.09. The molecule has 0 bridgehead atoms. The molecule has 1 aromatic carbocycles. The second-order valence-electron chi connectivity index (χ2n) is 6.00. The maximum Gasteiger partial charge on any atom is 0.242 e. The van der Waals surface area contributed by atoms with Crippen LogP contribution in [0.3, 0.4) is 0 Å². The number of benzene rings is 1. The highest BCUT2D eigenvalue weighted by atomic mass is 16.5. The van der Waals surface area contributed by atoms with Crippen molar-refractivity contribution >= 4 is 11.9 Å². The zero-order valence-electron chi connectivity index (χ0n) is 15.3. The Morgan fingerprint density at radius 2 is 1.83 bits per heavy atom. The molecule has 1 unspecified atom stereocenters. The number of nitrogens with one attached hydrogen (secondary N) is 3. The first kappa shape index (κ1) is 19.8. The quantitative estimate of drug-likeness (QED) is 0.501. The van der Waals surface area contributed by atoms with Crippen molar-refractivity contribution in [3.8, 4) is 5.75 Å². The average molecular weight is 334 g/mol. The summed E-state index contributed by atoms with van der Waals surface area (Å²) < 4.78 is 5.11. The maximum absolute atomic E-state index is 12.0. The third-order valence-corrected chi connectivity index (χ3v) is 3.74. The molecule has 0 aromatic heterocycles. The van der Waals surface area contributed by atoms with E-state index in [1.807, 2.05) is 31.2 Å². The van der Waals surface area contributed by atoms with Gasteiger partial charge in [-0.05, 0) is 37.5 Å². The fourth-order valence-electron chi connectivity index (χ4n) is 1.85. The van der Waals surface area contributed by atoms with Gasteiger partial charge in [0.2, 0.25) is 5.91 Å². The summed E-state index contributed by atoms with van der Waals surface area (Å²) in [6, 6.07) is 7.89. The average Bonchev–Trinajstić information content (AvgIpc) is 2.58. The molecular weight excluding hydrogens is 304 g/mol. The van der Waals surface area contributed by atoms with E-state index in [2.05, 4.69) is 41.7 Å². The van der Waals surface area contributed by atoms with Crippen LogP contribution in [0.25, 0.3) is 0 Å². The molecule has 1 aromatic rings. The van der Waals surface area contributed by atoms with Crippen LogP contribution in [0.1, 0.15) is 33.3 Å². The van der Waals surface area contributed by atoms with Crippen LogP contribution in [-0.2, 0) is 11.3 Å². The monoisotopic (exact) mass is 334 g/mol. The van der Waals surface area contributed by atoms with Gasteiger partial charge in [-0.25, -0.2) is 4.99 Å². The van der Waals surface area contributed by atoms with Gasteiger partial charge in [0.05, 0.1) is 7.11 Å². The van der Waals surface area contributed by atoms with Gasteiger partial charge >= 0.3 is 0 Å². The van der Waals surface area contributed by atoms with E-state index in [0.717, 1.165) is 17.9 Å². The van der Waals surface area contributed by atoms with Crippen LogP contribution in [0.2, 0.25) is 0 Å². The van der Waals surface area contributed by atoms with Crippen LogP contribution >= 0.6 is 0 Å². The molecule has 134 valence electrons. The van der Waals surface area contributed by atoms with Crippen molar-refractivity contribution < 1.29 is 9.53 Å². The summed E-state index contributed by atoms with van der Waals surface area (Å²) in [5.41, 5.74) is 1.02. The first-order valence-electron chi connectivity index (χ1n) is 8.40. The third-order valence-electron chi connectivity index (χ3n) is 3.74. The Balaban J connectivity index is 2.48. The van der Waals surface area contributed by atoms with Gasteiger partial charge in [0, 0.05) is 19.1 Å². The molecule has 6 heteroatoms. The van der Waals surface area contributed by atoms with Gasteiger partial charge in [-0.2, -0.15) is 0 Å². The Labute approximate surface area is 145 Å². The normalized spacial score (nSPS) is 12.7. The number of ether oxygens (including phenoxy) is 1. The van der Waals surface area contributed by atoms with E-state index in [9.17, 15) is 4.79 Å². The van der Waals surface area contributed by atoms with E-state index >= 15 is 0 Å². The molecule has 0 spiro atoms. The fraction of sp³-hybridized carbons (Fsp3) is 0.556. The Morgan fingerprint density at radius 1 is 1.17 bits per heavy atom. The van der Waals surface area contributed by atoms with Crippen molar-refractivity contribution in [2.75, 3.05) is 20.2 Å². The largest absolute Gasteiger partial charge is 0.497 e. The lowest BCUT2D eigenvalue weighted by Gasteiger charge is -2.20. The fourth-order valence-corrected chi connectivity index (χ4v) is 1.85. The Bertz CT molecular complexity index is 526. The molecule has 24 heavy (non-hydrogen) atoms. The van der Waals surface area contributed by atoms with Gasteiger partial charge in [0.25, 0.3) is 0 Å². The minimum Gasteiger partial charge on any atom is -0.497 e. The molecule has 0 saturated carbocycles. The number of carbonyl (C=O) groups is 1. The topological polar surface area (TPSA) is 74.8 Å². The van der Waals surface area contributed by atoms with E-state index in [4.69, 9.17) is 4.74 Å². The van der Waals surface area contributed by atoms with Crippen LogP contribution in [0.4, 0.5) is 0 Å². The van der Waals surface area contributed by atoms with E-state index < -0.39 is 0 Å². The second kappa shape index (κ2) is 10.5. The molecule has 0 heterocycles. The molecule has 0 fully saturated rings. The lowest BCUT2D eigenvalue weighted by atomic mass is 10.1. The summed E-state index contributed by atoms with van der Waals surface area (Å²) in [7, 11) is 1.63. The number of hydrogen-bond donors (Lipinski definition) is 3. The van der Waals surface area contributed by atoms with Crippen molar-refractivity contribution in [3.63, 3.8) is 0 Å². The van der Waals surface area contributed by atoms with Gasteiger partial charge in [0.15, 0.2) is 5.96 Å². The molecule has 0 aliphatic rings. The molecule has 1 amide bonds. The lowest BCUT2D eigenvalue weighted by molar-refractivity contribution is -0.119. The highest BCUT2D eigenvalue weighted by Crippen LogP contribution is 2.10. The smallest absolute Gasteiger partial charge is 0.242 e. The summed E-state index contributed by atoms with van der Waals surface area (Å²) in [5, 5.41) is 9.33. The van der Waals surface area contributed by atoms with E-state index in [1.54, 1.807) is 7.11 Å². The number of aliphatic imine (C=N–C) groups is 1. The van der Waals surface area contributed by atoms with Gasteiger partial charge in [-0.15, -0.1) is 0 Å². The summed E-state index contributed by atoms with van der Waals surface area (Å²) in [6.07, 6.45) is 0. The molecule has 1 atom stereocenters. The predicted molar refractivity (Wildman–Crippen MR) is 98.3 cm³/mol. The van der Waals surface area contributed by atoms with Crippen LogP contribution in [0.5, 0.6) is 5.75 Å². The van der Waals surface area contributed by atoms with Crippen LogP contribution in [0.15, 0.2) is 29.3 Å². The Hall–Kier alpha value is -2.24. The summed E-state index contributed by atoms with van der Waals surface area (Å²) in [4.78, 5) is 16.3. The SMILES string of the molecule is CCNC(=NCC(=O)NCc1ccc(OC)cc1)NC(C)C(C)C. The summed E-state index contributed by atoms with van der Waals surface area (Å²) in [6.45, 7) is 9.71. The molecule has 0 radical (unpaired) electrons. The van der Waals surface area contributed by atoms with Crippen LogP contribution in [0, 0.1) is 5.92 Å². The molecule has 0 aliphatic carbocycles. The number of amides is 1. The van der Waals surface area contributed by atoms with Crippen molar-refractivity contribution in [2.24, 2.45) is 10.9 Å². The van der Waals surface area contributed by atoms with Crippen LogP contribution in [-0.4, -0.2) is 38.1 Å². The molecule has 3 N–H and O–H groups in total. The van der Waals surface area contributed by atoms with Gasteiger partial charge in [0.1, 0.15) is 12.3 Å². The summed E-state index contributed by atoms with van der Waals surface area (Å²) >= 11 is 0. The molecule has 0 aliphatic heterocycles. The van der Waals surface area contributed by atoms with Gasteiger partial charge < -0.3 is 20.7 Å². The first-order valence-corrected chi connectivity index (χ1v) is 8.40. The first-order chi connectivity index (χ1) is 11.5. The van der Waals surface area contributed by atoms with E-state index in [1.165, 1.54) is 0 Å². The highest BCUT2D eigenvalue weighted by molar-refractivity contribution is 5.85. The number of carbonyl (C=O) groups excluding carboxylic acids is 1. The molecule has 1 rings (SSSR count). The predicted octanol–water partition coefficient (Wildman–Crippen LogP) is 1.91. The zero-order chi connectivity index (χ0) is 17.9. The molecule has 0 saturated heterocycles. The van der Waals surface area contributed by atoms with Crippen molar-refractivity contribution in [1.82, 2.24) is 16.0 Å². The maximum atomic E-state index is 12.0.